The maximum atomic E-state index is 6.21. The van der Waals surface area contributed by atoms with E-state index in [0.717, 1.165) is 17.8 Å². The van der Waals surface area contributed by atoms with E-state index in [1.165, 1.54) is 0 Å². The Hall–Kier alpha value is -1.66. The third-order valence-corrected chi connectivity index (χ3v) is 3.49. The number of rotatable bonds is 6. The normalized spacial score (nSPS) is 11.5. The molecule has 0 unspecified atom stereocenters. The quantitative estimate of drug-likeness (QED) is 0.627. The maximum absolute atomic E-state index is 6.21. The van der Waals surface area contributed by atoms with E-state index in [4.69, 9.17) is 28.6 Å². The summed E-state index contributed by atoms with van der Waals surface area (Å²) in [6.07, 6.45) is 2.64. The average molecular weight is 339 g/mol. The molecule has 0 spiro atoms. The fourth-order valence-corrected chi connectivity index (χ4v) is 2.27. The van der Waals surface area contributed by atoms with Crippen LogP contribution in [0, 0.1) is 4.77 Å². The second-order valence-corrected chi connectivity index (χ2v) is 5.93. The van der Waals surface area contributed by atoms with Gasteiger partial charge in [-0.3, -0.25) is 5.10 Å². The molecule has 0 aliphatic carbocycles. The number of hydrogen-bond donors (Lipinski definition) is 1. The van der Waals surface area contributed by atoms with Gasteiger partial charge in [-0.25, -0.2) is 0 Å². The highest BCUT2D eigenvalue weighted by molar-refractivity contribution is 7.71. The van der Waals surface area contributed by atoms with Crippen molar-refractivity contribution >= 4 is 30.0 Å². The molecular weight excluding hydrogens is 320 g/mol. The van der Waals surface area contributed by atoms with Crippen LogP contribution in [0.5, 0.6) is 5.75 Å². The van der Waals surface area contributed by atoms with E-state index in [-0.39, 0.29) is 5.92 Å². The Bertz CT molecular complexity index is 721. The smallest absolute Gasteiger partial charge is 0.216 e. The number of benzene rings is 1. The second-order valence-electron chi connectivity index (χ2n) is 5.14. The molecule has 118 valence electrons. The Morgan fingerprint density at radius 3 is 2.91 bits per heavy atom. The Labute approximate surface area is 140 Å². The van der Waals surface area contributed by atoms with Crippen molar-refractivity contribution in [2.24, 2.45) is 5.10 Å². The first-order valence-corrected chi connectivity index (χ1v) is 7.95. The van der Waals surface area contributed by atoms with Gasteiger partial charge >= 0.3 is 0 Å². The highest BCUT2D eigenvalue weighted by Gasteiger charge is 2.09. The summed E-state index contributed by atoms with van der Waals surface area (Å²) in [5.74, 6) is 1.69. The van der Waals surface area contributed by atoms with Crippen molar-refractivity contribution in [1.82, 2.24) is 14.9 Å². The van der Waals surface area contributed by atoms with Gasteiger partial charge in [-0.15, -0.1) is 0 Å². The minimum absolute atomic E-state index is 0.221. The molecule has 1 heterocycles. The fraction of sp³-hybridized carbons (Fsp3) is 0.400. The Morgan fingerprint density at radius 1 is 1.50 bits per heavy atom. The first-order chi connectivity index (χ1) is 10.5. The van der Waals surface area contributed by atoms with Crippen molar-refractivity contribution in [1.29, 1.82) is 0 Å². The average Bonchev–Trinajstić information content (AvgIpc) is 2.85. The van der Waals surface area contributed by atoms with Gasteiger partial charge in [0, 0.05) is 5.92 Å². The molecule has 0 fully saturated rings. The zero-order valence-corrected chi connectivity index (χ0v) is 14.4. The molecule has 0 amide bonds. The third kappa shape index (κ3) is 3.96. The van der Waals surface area contributed by atoms with Gasteiger partial charge in [-0.05, 0) is 42.4 Å². The molecule has 5 nitrogen and oxygen atoms in total. The number of aromatic amines is 1. The molecular formula is C15H19ClN4OS. The van der Waals surface area contributed by atoms with Crippen LogP contribution in [0.25, 0.3) is 0 Å². The molecule has 1 aromatic heterocycles. The fourth-order valence-electron chi connectivity index (χ4n) is 1.84. The number of nitrogens with zero attached hydrogens (tertiary/aromatic N) is 3. The molecule has 0 aliphatic heterocycles. The van der Waals surface area contributed by atoms with Crippen LogP contribution in [0.2, 0.25) is 5.02 Å². The van der Waals surface area contributed by atoms with Crippen molar-refractivity contribution in [3.63, 3.8) is 0 Å². The highest BCUT2D eigenvalue weighted by atomic mass is 35.5. The molecule has 0 radical (unpaired) electrons. The topological polar surface area (TPSA) is 55.2 Å². The van der Waals surface area contributed by atoms with E-state index in [2.05, 4.69) is 22.2 Å². The number of hydrogen-bond acceptors (Lipinski definition) is 4. The first-order valence-electron chi connectivity index (χ1n) is 7.17. The summed E-state index contributed by atoms with van der Waals surface area (Å²) in [4.78, 5) is 0. The zero-order chi connectivity index (χ0) is 16.1. The van der Waals surface area contributed by atoms with Crippen LogP contribution < -0.4 is 4.74 Å². The highest BCUT2D eigenvalue weighted by Crippen LogP contribution is 2.25. The van der Waals surface area contributed by atoms with Gasteiger partial charge in [-0.1, -0.05) is 32.4 Å². The van der Waals surface area contributed by atoms with Crippen LogP contribution >= 0.6 is 23.8 Å². The van der Waals surface area contributed by atoms with Gasteiger partial charge in [0.15, 0.2) is 5.82 Å². The Balaban J connectivity index is 2.22. The molecule has 2 aromatic rings. The van der Waals surface area contributed by atoms with Crippen molar-refractivity contribution in [3.8, 4) is 5.75 Å². The molecule has 1 aromatic carbocycles. The summed E-state index contributed by atoms with van der Waals surface area (Å²) in [5.41, 5.74) is 0.867. The van der Waals surface area contributed by atoms with Crippen molar-refractivity contribution in [2.75, 3.05) is 6.61 Å². The van der Waals surface area contributed by atoms with Crippen molar-refractivity contribution in [3.05, 3.63) is 39.4 Å². The predicted molar refractivity (Wildman–Crippen MR) is 91.7 cm³/mol. The van der Waals surface area contributed by atoms with E-state index in [1.807, 2.05) is 32.0 Å². The summed E-state index contributed by atoms with van der Waals surface area (Å²) >= 11 is 11.4. The molecule has 0 atom stereocenters. The summed E-state index contributed by atoms with van der Waals surface area (Å²) in [6, 6.07) is 5.56. The van der Waals surface area contributed by atoms with Gasteiger partial charge in [0.1, 0.15) is 5.75 Å². The van der Waals surface area contributed by atoms with Gasteiger partial charge in [-0.2, -0.15) is 14.9 Å². The molecule has 0 bridgehead atoms. The van der Waals surface area contributed by atoms with E-state index < -0.39 is 0 Å². The zero-order valence-electron chi connectivity index (χ0n) is 12.8. The molecule has 0 aliphatic rings. The van der Waals surface area contributed by atoms with E-state index in [9.17, 15) is 0 Å². The van der Waals surface area contributed by atoms with Crippen LogP contribution in [0.3, 0.4) is 0 Å². The molecule has 0 saturated heterocycles. The minimum atomic E-state index is 0.221. The second kappa shape index (κ2) is 7.56. The van der Waals surface area contributed by atoms with Crippen LogP contribution in [0.4, 0.5) is 0 Å². The van der Waals surface area contributed by atoms with Gasteiger partial charge in [0.25, 0.3) is 0 Å². The summed E-state index contributed by atoms with van der Waals surface area (Å²) < 4.78 is 7.63. The van der Waals surface area contributed by atoms with E-state index in [0.29, 0.717) is 22.2 Å². The molecule has 1 N–H and O–H groups in total. The summed E-state index contributed by atoms with van der Waals surface area (Å²) in [6.45, 7) is 6.77. The van der Waals surface area contributed by atoms with Gasteiger partial charge in [0.2, 0.25) is 4.77 Å². The largest absolute Gasteiger partial charge is 0.492 e. The third-order valence-electron chi connectivity index (χ3n) is 2.93. The number of aromatic nitrogens is 3. The molecule has 0 saturated carbocycles. The SMILES string of the molecule is CCCOc1ccc(/C=N\n2c(C(C)C)n[nH]c2=S)cc1Cl. The van der Waals surface area contributed by atoms with E-state index >= 15 is 0 Å². The van der Waals surface area contributed by atoms with E-state index in [1.54, 1.807) is 10.9 Å². The van der Waals surface area contributed by atoms with Crippen LogP contribution in [0.15, 0.2) is 23.3 Å². The standard InChI is InChI=1S/C15H19ClN4OS/c1-4-7-21-13-6-5-11(8-12(13)16)9-17-20-14(10(2)3)18-19-15(20)22/h5-6,8-10H,4,7H2,1-3H3,(H,19,22)/b17-9-. The first kappa shape index (κ1) is 16.7. The lowest BCUT2D eigenvalue weighted by Gasteiger charge is -2.07. The Morgan fingerprint density at radius 2 is 2.27 bits per heavy atom. The minimum Gasteiger partial charge on any atom is -0.492 e. The number of ether oxygens (including phenoxy) is 1. The lowest BCUT2D eigenvalue weighted by Crippen LogP contribution is -2.01. The summed E-state index contributed by atoms with van der Waals surface area (Å²) in [5, 5.41) is 11.9. The number of nitrogens with one attached hydrogen (secondary N) is 1. The lowest BCUT2D eigenvalue weighted by molar-refractivity contribution is 0.317. The van der Waals surface area contributed by atoms with Crippen LogP contribution in [0.1, 0.15) is 44.5 Å². The number of H-pyrrole nitrogens is 1. The van der Waals surface area contributed by atoms with Crippen LogP contribution in [-0.4, -0.2) is 27.7 Å². The van der Waals surface area contributed by atoms with Gasteiger partial charge < -0.3 is 4.74 Å². The molecule has 22 heavy (non-hydrogen) atoms. The molecule has 2 rings (SSSR count). The maximum Gasteiger partial charge on any atom is 0.216 e. The molecule has 7 heteroatoms. The predicted octanol–water partition coefficient (Wildman–Crippen LogP) is 4.39. The monoisotopic (exact) mass is 338 g/mol. The van der Waals surface area contributed by atoms with Crippen molar-refractivity contribution in [2.45, 2.75) is 33.1 Å². The van der Waals surface area contributed by atoms with Crippen molar-refractivity contribution < 1.29 is 4.74 Å². The summed E-state index contributed by atoms with van der Waals surface area (Å²) in [7, 11) is 0. The number of halogens is 1. The van der Waals surface area contributed by atoms with Gasteiger partial charge in [0.05, 0.1) is 17.8 Å². The van der Waals surface area contributed by atoms with Crippen LogP contribution in [-0.2, 0) is 0 Å². The lowest BCUT2D eigenvalue weighted by atomic mass is 10.2. The Kier molecular flexibility index (Phi) is 5.74.